The van der Waals surface area contributed by atoms with Crippen molar-refractivity contribution in [3.8, 4) is 6.07 Å². The molecule has 94 valence electrons. The summed E-state index contributed by atoms with van der Waals surface area (Å²) in [6.45, 7) is 5.29. The van der Waals surface area contributed by atoms with E-state index in [0.717, 1.165) is 29.8 Å². The molecule has 3 nitrogen and oxygen atoms in total. The molecule has 2 rings (SSSR count). The molecule has 18 heavy (non-hydrogen) atoms. The first-order valence-electron chi connectivity index (χ1n) is 6.69. The molecule has 3 heteroatoms. The highest BCUT2D eigenvalue weighted by molar-refractivity contribution is 5.77. The van der Waals surface area contributed by atoms with Crippen LogP contribution in [0.3, 0.4) is 0 Å². The molecule has 0 saturated heterocycles. The molecule has 0 aliphatic carbocycles. The summed E-state index contributed by atoms with van der Waals surface area (Å²) in [5.74, 6) is 1.15. The molecule has 0 radical (unpaired) electrons. The highest BCUT2D eigenvalue weighted by atomic mass is 15.1. The summed E-state index contributed by atoms with van der Waals surface area (Å²) < 4.78 is 2.26. The zero-order valence-corrected chi connectivity index (χ0v) is 11.1. The number of hydrogen-bond donors (Lipinski definition) is 0. The number of aryl methyl sites for hydroxylation is 2. The van der Waals surface area contributed by atoms with E-state index in [-0.39, 0.29) is 0 Å². The van der Waals surface area contributed by atoms with E-state index in [9.17, 15) is 0 Å². The van der Waals surface area contributed by atoms with Gasteiger partial charge in [0.1, 0.15) is 5.82 Å². The highest BCUT2D eigenvalue weighted by Gasteiger charge is 2.09. The Bertz CT molecular complexity index is 575. The monoisotopic (exact) mass is 241 g/mol. The first-order valence-corrected chi connectivity index (χ1v) is 6.69. The average Bonchev–Trinajstić information content (AvgIpc) is 2.75. The van der Waals surface area contributed by atoms with Crippen molar-refractivity contribution in [2.75, 3.05) is 0 Å². The molecule has 1 aromatic carbocycles. The number of unbranched alkanes of at least 4 members (excludes halogenated alkanes) is 2. The Morgan fingerprint density at radius 1 is 1.28 bits per heavy atom. The van der Waals surface area contributed by atoms with Crippen molar-refractivity contribution >= 4 is 11.0 Å². The minimum Gasteiger partial charge on any atom is -0.328 e. The molecule has 2 aromatic rings. The fourth-order valence-electron chi connectivity index (χ4n) is 2.33. The van der Waals surface area contributed by atoms with Gasteiger partial charge < -0.3 is 4.57 Å². The van der Waals surface area contributed by atoms with Crippen LogP contribution in [0, 0.1) is 11.3 Å². The predicted molar refractivity (Wildman–Crippen MR) is 73.4 cm³/mol. The molecule has 0 bridgehead atoms. The maximum absolute atomic E-state index is 8.92. The van der Waals surface area contributed by atoms with Crippen molar-refractivity contribution < 1.29 is 0 Å². The lowest BCUT2D eigenvalue weighted by molar-refractivity contribution is 0.650. The van der Waals surface area contributed by atoms with E-state index in [1.54, 1.807) is 0 Å². The van der Waals surface area contributed by atoms with Gasteiger partial charge in [-0.3, -0.25) is 0 Å². The topological polar surface area (TPSA) is 41.6 Å². The second kappa shape index (κ2) is 5.68. The van der Waals surface area contributed by atoms with Crippen molar-refractivity contribution in [2.45, 2.75) is 46.1 Å². The molecular formula is C15H19N3. The molecule has 0 unspecified atom stereocenters. The molecule has 0 amide bonds. The number of hydrogen-bond acceptors (Lipinski definition) is 2. The normalized spacial score (nSPS) is 10.7. The number of imidazole rings is 1. The van der Waals surface area contributed by atoms with Gasteiger partial charge in [-0.15, -0.1) is 0 Å². The number of rotatable bonds is 5. The SMILES string of the molecule is CCCCCc1nc2cc(C#N)ccc2n1CC. The maximum Gasteiger partial charge on any atom is 0.109 e. The van der Waals surface area contributed by atoms with E-state index in [0.29, 0.717) is 5.56 Å². The van der Waals surface area contributed by atoms with Crippen LogP contribution in [0.5, 0.6) is 0 Å². The van der Waals surface area contributed by atoms with E-state index >= 15 is 0 Å². The van der Waals surface area contributed by atoms with Crippen LogP contribution in [0.4, 0.5) is 0 Å². The lowest BCUT2D eigenvalue weighted by Gasteiger charge is -2.05. The summed E-state index contributed by atoms with van der Waals surface area (Å²) in [6, 6.07) is 7.92. The Hall–Kier alpha value is -1.82. The van der Waals surface area contributed by atoms with Crippen molar-refractivity contribution in [3.63, 3.8) is 0 Å². The van der Waals surface area contributed by atoms with Gasteiger partial charge in [-0.25, -0.2) is 4.98 Å². The van der Waals surface area contributed by atoms with Crippen molar-refractivity contribution in [3.05, 3.63) is 29.6 Å². The molecule has 0 aliphatic heterocycles. The van der Waals surface area contributed by atoms with Gasteiger partial charge in [0.05, 0.1) is 22.7 Å². The van der Waals surface area contributed by atoms with E-state index in [2.05, 4.69) is 29.5 Å². The lowest BCUT2D eigenvalue weighted by atomic mass is 10.2. The average molecular weight is 241 g/mol. The standard InChI is InChI=1S/C15H19N3/c1-3-5-6-7-15-17-13-10-12(11-16)8-9-14(13)18(15)4-2/h8-10H,3-7H2,1-2H3. The van der Waals surface area contributed by atoms with Gasteiger partial charge in [0, 0.05) is 13.0 Å². The molecule has 0 fully saturated rings. The molecule has 0 atom stereocenters. The summed E-state index contributed by atoms with van der Waals surface area (Å²) in [4.78, 5) is 4.68. The largest absolute Gasteiger partial charge is 0.328 e. The zero-order valence-electron chi connectivity index (χ0n) is 11.1. The van der Waals surface area contributed by atoms with Crippen LogP contribution in [0.25, 0.3) is 11.0 Å². The fraction of sp³-hybridized carbons (Fsp3) is 0.467. The Balaban J connectivity index is 2.37. The number of fused-ring (bicyclic) bond motifs is 1. The minimum absolute atomic E-state index is 0.684. The maximum atomic E-state index is 8.92. The van der Waals surface area contributed by atoms with Gasteiger partial charge in [0.25, 0.3) is 0 Å². The molecule has 0 spiro atoms. The van der Waals surface area contributed by atoms with Gasteiger partial charge in [0.15, 0.2) is 0 Å². The van der Waals surface area contributed by atoms with Crippen LogP contribution >= 0.6 is 0 Å². The Kier molecular flexibility index (Phi) is 3.99. The van der Waals surface area contributed by atoms with Crippen LogP contribution in [0.1, 0.15) is 44.5 Å². The number of benzene rings is 1. The number of aromatic nitrogens is 2. The molecule has 0 saturated carbocycles. The van der Waals surface area contributed by atoms with Gasteiger partial charge >= 0.3 is 0 Å². The van der Waals surface area contributed by atoms with Crippen molar-refractivity contribution in [2.24, 2.45) is 0 Å². The van der Waals surface area contributed by atoms with Crippen LogP contribution in [0.15, 0.2) is 18.2 Å². The third-order valence-electron chi connectivity index (χ3n) is 3.28. The first-order chi connectivity index (χ1) is 8.80. The molecule has 0 aliphatic rings. The molecule has 1 aromatic heterocycles. The predicted octanol–water partition coefficient (Wildman–Crippen LogP) is 3.66. The van der Waals surface area contributed by atoms with E-state index in [1.165, 1.54) is 19.3 Å². The summed E-state index contributed by atoms with van der Waals surface area (Å²) in [5.41, 5.74) is 2.77. The third-order valence-corrected chi connectivity index (χ3v) is 3.28. The fourth-order valence-corrected chi connectivity index (χ4v) is 2.33. The zero-order chi connectivity index (χ0) is 13.0. The molecule has 0 N–H and O–H groups in total. The minimum atomic E-state index is 0.684. The van der Waals surface area contributed by atoms with Crippen LogP contribution in [-0.4, -0.2) is 9.55 Å². The molecule has 1 heterocycles. The third kappa shape index (κ3) is 2.38. The summed E-state index contributed by atoms with van der Waals surface area (Å²) >= 11 is 0. The van der Waals surface area contributed by atoms with Gasteiger partial charge in [-0.2, -0.15) is 5.26 Å². The first kappa shape index (κ1) is 12.6. The number of nitrogens with zero attached hydrogens (tertiary/aromatic N) is 3. The van der Waals surface area contributed by atoms with Gasteiger partial charge in [-0.05, 0) is 31.5 Å². The second-order valence-corrected chi connectivity index (χ2v) is 4.54. The summed E-state index contributed by atoms with van der Waals surface area (Å²) in [5, 5.41) is 8.92. The smallest absolute Gasteiger partial charge is 0.109 e. The Labute approximate surface area is 108 Å². The second-order valence-electron chi connectivity index (χ2n) is 4.54. The summed E-state index contributed by atoms with van der Waals surface area (Å²) in [7, 11) is 0. The highest BCUT2D eigenvalue weighted by Crippen LogP contribution is 2.19. The van der Waals surface area contributed by atoms with E-state index in [1.807, 2.05) is 18.2 Å². The van der Waals surface area contributed by atoms with Crippen molar-refractivity contribution in [1.29, 1.82) is 5.26 Å². The quantitative estimate of drug-likeness (QED) is 0.750. The van der Waals surface area contributed by atoms with E-state index in [4.69, 9.17) is 5.26 Å². The van der Waals surface area contributed by atoms with E-state index < -0.39 is 0 Å². The lowest BCUT2D eigenvalue weighted by Crippen LogP contribution is -2.01. The molecular weight excluding hydrogens is 222 g/mol. The van der Waals surface area contributed by atoms with Gasteiger partial charge in [0.2, 0.25) is 0 Å². The van der Waals surface area contributed by atoms with Crippen LogP contribution in [-0.2, 0) is 13.0 Å². The Morgan fingerprint density at radius 2 is 2.11 bits per heavy atom. The Morgan fingerprint density at radius 3 is 2.78 bits per heavy atom. The number of nitriles is 1. The van der Waals surface area contributed by atoms with Gasteiger partial charge in [-0.1, -0.05) is 19.8 Å². The van der Waals surface area contributed by atoms with Crippen LogP contribution in [0.2, 0.25) is 0 Å². The summed E-state index contributed by atoms with van der Waals surface area (Å²) in [6.07, 6.45) is 4.68. The van der Waals surface area contributed by atoms with Crippen molar-refractivity contribution in [1.82, 2.24) is 9.55 Å². The van der Waals surface area contributed by atoms with Crippen LogP contribution < -0.4 is 0 Å².